The SMILES string of the molecule is CCn1c(SCc2cccc(F)c2)nnc1-c1cccc(S(=O)(=O)N2CCCC2)c1. The zero-order valence-electron chi connectivity index (χ0n) is 16.7. The summed E-state index contributed by atoms with van der Waals surface area (Å²) in [5.74, 6) is 0.929. The third-order valence-corrected chi connectivity index (χ3v) is 8.02. The highest BCUT2D eigenvalue weighted by molar-refractivity contribution is 7.98. The Bertz CT molecular complexity index is 1140. The summed E-state index contributed by atoms with van der Waals surface area (Å²) in [6, 6.07) is 13.4. The molecule has 3 aromatic rings. The summed E-state index contributed by atoms with van der Waals surface area (Å²) in [6.07, 6.45) is 1.80. The Hall–Kier alpha value is -2.23. The Balaban J connectivity index is 1.60. The second kappa shape index (κ2) is 8.87. The van der Waals surface area contributed by atoms with E-state index in [0.29, 0.717) is 41.9 Å². The Morgan fingerprint density at radius 1 is 1.07 bits per heavy atom. The van der Waals surface area contributed by atoms with Gasteiger partial charge in [0, 0.05) is 31.0 Å². The van der Waals surface area contributed by atoms with E-state index >= 15 is 0 Å². The molecule has 158 valence electrons. The fourth-order valence-corrected chi connectivity index (χ4v) is 6.05. The summed E-state index contributed by atoms with van der Waals surface area (Å²) in [4.78, 5) is 0.279. The lowest BCUT2D eigenvalue weighted by Gasteiger charge is -2.16. The first kappa shape index (κ1) is 21.0. The number of benzene rings is 2. The zero-order chi connectivity index (χ0) is 21.1. The molecule has 1 saturated heterocycles. The average molecular weight is 447 g/mol. The van der Waals surface area contributed by atoms with Gasteiger partial charge in [-0.3, -0.25) is 0 Å². The van der Waals surface area contributed by atoms with Crippen LogP contribution in [0.2, 0.25) is 0 Å². The molecule has 0 aliphatic carbocycles. The van der Waals surface area contributed by atoms with E-state index in [2.05, 4.69) is 10.2 Å². The number of rotatable bonds is 7. The molecule has 2 aromatic carbocycles. The van der Waals surface area contributed by atoms with Gasteiger partial charge in [-0.1, -0.05) is 36.0 Å². The lowest BCUT2D eigenvalue weighted by atomic mass is 10.2. The van der Waals surface area contributed by atoms with Crippen LogP contribution in [0.15, 0.2) is 58.6 Å². The molecular weight excluding hydrogens is 423 g/mol. The molecule has 30 heavy (non-hydrogen) atoms. The van der Waals surface area contributed by atoms with Crippen LogP contribution < -0.4 is 0 Å². The van der Waals surface area contributed by atoms with E-state index in [-0.39, 0.29) is 10.7 Å². The third kappa shape index (κ3) is 4.28. The van der Waals surface area contributed by atoms with Gasteiger partial charge in [-0.2, -0.15) is 4.31 Å². The van der Waals surface area contributed by atoms with Crippen LogP contribution in [0.1, 0.15) is 25.3 Å². The zero-order valence-corrected chi connectivity index (χ0v) is 18.3. The minimum Gasteiger partial charge on any atom is -0.302 e. The first-order valence-electron chi connectivity index (χ1n) is 9.90. The van der Waals surface area contributed by atoms with E-state index in [1.54, 1.807) is 24.3 Å². The van der Waals surface area contributed by atoms with Gasteiger partial charge in [-0.05, 0) is 49.6 Å². The highest BCUT2D eigenvalue weighted by Gasteiger charge is 2.27. The molecule has 1 aliphatic heterocycles. The quantitative estimate of drug-likeness (QED) is 0.509. The van der Waals surface area contributed by atoms with Gasteiger partial charge < -0.3 is 4.57 Å². The van der Waals surface area contributed by atoms with E-state index in [4.69, 9.17) is 0 Å². The first-order valence-corrected chi connectivity index (χ1v) is 12.3. The molecule has 1 aromatic heterocycles. The number of thioether (sulfide) groups is 1. The lowest BCUT2D eigenvalue weighted by molar-refractivity contribution is 0.477. The van der Waals surface area contributed by atoms with Crippen LogP contribution in [0.5, 0.6) is 0 Å². The van der Waals surface area contributed by atoms with Crippen molar-refractivity contribution in [2.45, 2.75) is 42.1 Å². The monoisotopic (exact) mass is 446 g/mol. The summed E-state index contributed by atoms with van der Waals surface area (Å²) in [5.41, 5.74) is 1.58. The van der Waals surface area contributed by atoms with Gasteiger partial charge in [-0.15, -0.1) is 10.2 Å². The number of hydrogen-bond donors (Lipinski definition) is 0. The molecule has 9 heteroatoms. The van der Waals surface area contributed by atoms with Gasteiger partial charge in [0.25, 0.3) is 0 Å². The average Bonchev–Trinajstić information content (AvgIpc) is 3.42. The van der Waals surface area contributed by atoms with Crippen LogP contribution in [0.4, 0.5) is 4.39 Å². The summed E-state index contributed by atoms with van der Waals surface area (Å²) < 4.78 is 42.7. The minimum atomic E-state index is -3.50. The molecule has 0 unspecified atom stereocenters. The maximum atomic E-state index is 13.4. The molecule has 4 rings (SSSR count). The van der Waals surface area contributed by atoms with Crippen molar-refractivity contribution < 1.29 is 12.8 Å². The maximum absolute atomic E-state index is 13.4. The van der Waals surface area contributed by atoms with Crippen LogP contribution in [0, 0.1) is 5.82 Å². The van der Waals surface area contributed by atoms with Crippen LogP contribution in [-0.4, -0.2) is 40.6 Å². The molecule has 6 nitrogen and oxygen atoms in total. The number of hydrogen-bond acceptors (Lipinski definition) is 5. The number of aromatic nitrogens is 3. The Morgan fingerprint density at radius 3 is 2.57 bits per heavy atom. The fraction of sp³-hybridized carbons (Fsp3) is 0.333. The Morgan fingerprint density at radius 2 is 1.83 bits per heavy atom. The van der Waals surface area contributed by atoms with Crippen molar-refractivity contribution in [3.8, 4) is 11.4 Å². The van der Waals surface area contributed by atoms with Crippen molar-refractivity contribution in [1.29, 1.82) is 0 Å². The smallest absolute Gasteiger partial charge is 0.243 e. The molecule has 0 amide bonds. The normalized spacial score (nSPS) is 15.0. The summed E-state index contributed by atoms with van der Waals surface area (Å²) in [7, 11) is -3.50. The van der Waals surface area contributed by atoms with E-state index in [1.165, 1.54) is 28.2 Å². The molecular formula is C21H23FN4O2S2. The van der Waals surface area contributed by atoms with Gasteiger partial charge in [0.15, 0.2) is 11.0 Å². The van der Waals surface area contributed by atoms with Gasteiger partial charge in [0.1, 0.15) is 5.82 Å². The Labute approximate surface area is 180 Å². The predicted octanol–water partition coefficient (Wildman–Crippen LogP) is 4.18. The minimum absolute atomic E-state index is 0.262. The second-order valence-corrected chi connectivity index (χ2v) is 9.99. The molecule has 0 atom stereocenters. The summed E-state index contributed by atoms with van der Waals surface area (Å²) in [6.45, 7) is 3.76. The van der Waals surface area contributed by atoms with Crippen molar-refractivity contribution in [3.63, 3.8) is 0 Å². The molecule has 0 N–H and O–H groups in total. The molecule has 0 spiro atoms. The van der Waals surface area contributed by atoms with Crippen LogP contribution in [-0.2, 0) is 22.3 Å². The largest absolute Gasteiger partial charge is 0.302 e. The highest BCUT2D eigenvalue weighted by Crippen LogP contribution is 2.29. The van der Waals surface area contributed by atoms with Gasteiger partial charge in [0.05, 0.1) is 4.90 Å². The Kier molecular flexibility index (Phi) is 6.21. The molecule has 1 fully saturated rings. The molecule has 0 saturated carbocycles. The van der Waals surface area contributed by atoms with E-state index < -0.39 is 10.0 Å². The summed E-state index contributed by atoms with van der Waals surface area (Å²) in [5, 5.41) is 9.32. The standard InChI is InChI=1S/C21H23FN4O2S2/c1-2-26-20(23-24-21(26)29-15-16-7-5-9-18(22)13-16)17-8-6-10-19(14-17)30(27,28)25-11-3-4-12-25/h5-10,13-14H,2-4,11-12,15H2,1H3. The molecule has 1 aliphatic rings. The molecule has 0 radical (unpaired) electrons. The van der Waals surface area contributed by atoms with Crippen LogP contribution >= 0.6 is 11.8 Å². The first-order chi connectivity index (χ1) is 14.5. The van der Waals surface area contributed by atoms with Crippen molar-refractivity contribution in [2.24, 2.45) is 0 Å². The topological polar surface area (TPSA) is 68.1 Å². The summed E-state index contributed by atoms with van der Waals surface area (Å²) >= 11 is 1.48. The number of sulfonamides is 1. The van der Waals surface area contributed by atoms with Gasteiger partial charge >= 0.3 is 0 Å². The molecule has 2 heterocycles. The highest BCUT2D eigenvalue weighted by atomic mass is 32.2. The number of halogens is 1. The second-order valence-electron chi connectivity index (χ2n) is 7.11. The number of nitrogens with zero attached hydrogens (tertiary/aromatic N) is 4. The van der Waals surface area contributed by atoms with E-state index in [0.717, 1.165) is 18.4 Å². The van der Waals surface area contributed by atoms with Crippen molar-refractivity contribution in [2.75, 3.05) is 13.1 Å². The third-order valence-electron chi connectivity index (χ3n) is 5.09. The maximum Gasteiger partial charge on any atom is 0.243 e. The van der Waals surface area contributed by atoms with Crippen LogP contribution in [0.25, 0.3) is 11.4 Å². The van der Waals surface area contributed by atoms with Gasteiger partial charge in [0.2, 0.25) is 10.0 Å². The van der Waals surface area contributed by atoms with E-state index in [1.807, 2.05) is 23.6 Å². The van der Waals surface area contributed by atoms with Gasteiger partial charge in [-0.25, -0.2) is 12.8 Å². The van der Waals surface area contributed by atoms with Crippen molar-refractivity contribution in [1.82, 2.24) is 19.1 Å². The van der Waals surface area contributed by atoms with Crippen molar-refractivity contribution >= 4 is 21.8 Å². The van der Waals surface area contributed by atoms with Crippen LogP contribution in [0.3, 0.4) is 0 Å². The lowest BCUT2D eigenvalue weighted by Crippen LogP contribution is -2.27. The van der Waals surface area contributed by atoms with E-state index in [9.17, 15) is 12.8 Å². The molecule has 0 bridgehead atoms. The van der Waals surface area contributed by atoms with Crippen molar-refractivity contribution in [3.05, 3.63) is 59.9 Å². The fourth-order valence-electron chi connectivity index (χ4n) is 3.54. The predicted molar refractivity (Wildman–Crippen MR) is 115 cm³/mol.